The number of nitrogens with one attached hydrogen (secondary N) is 1. The van der Waals surface area contributed by atoms with Gasteiger partial charge >= 0.3 is 0 Å². The molecule has 7 nitrogen and oxygen atoms in total. The minimum atomic E-state index is -0.126. The van der Waals surface area contributed by atoms with Gasteiger partial charge in [0.2, 0.25) is 5.95 Å². The van der Waals surface area contributed by atoms with Crippen molar-refractivity contribution < 1.29 is 0 Å². The number of hydrogen-bond acceptors (Lipinski definition) is 5. The number of anilines is 1. The van der Waals surface area contributed by atoms with Crippen molar-refractivity contribution in [2.24, 2.45) is 0 Å². The second-order valence-electron chi connectivity index (χ2n) is 9.16. The second kappa shape index (κ2) is 6.65. The molecule has 154 valence electrons. The number of aromatic amines is 1. The van der Waals surface area contributed by atoms with E-state index in [2.05, 4.69) is 67.7 Å². The molecule has 0 radical (unpaired) electrons. The van der Waals surface area contributed by atoms with Crippen LogP contribution >= 0.6 is 0 Å². The molecule has 1 aliphatic rings. The number of H-pyrrole nitrogens is 1. The van der Waals surface area contributed by atoms with E-state index in [1.807, 2.05) is 16.9 Å². The minimum Gasteiger partial charge on any atom is -0.348 e. The van der Waals surface area contributed by atoms with E-state index in [-0.39, 0.29) is 11.5 Å². The molecule has 0 saturated heterocycles. The van der Waals surface area contributed by atoms with Gasteiger partial charge in [-0.15, -0.1) is 0 Å². The lowest BCUT2D eigenvalue weighted by Crippen LogP contribution is -2.38. The van der Waals surface area contributed by atoms with Gasteiger partial charge in [-0.1, -0.05) is 26.8 Å². The number of imidazole rings is 1. The van der Waals surface area contributed by atoms with Gasteiger partial charge in [-0.3, -0.25) is 0 Å². The number of aromatic nitrogens is 6. The molecule has 0 aliphatic carbocycles. The van der Waals surface area contributed by atoms with Crippen LogP contribution in [0.4, 0.5) is 5.95 Å². The van der Waals surface area contributed by atoms with Crippen LogP contribution in [0.3, 0.4) is 0 Å². The van der Waals surface area contributed by atoms with Crippen LogP contribution in [0.2, 0.25) is 0 Å². The number of nitrogens with zero attached hydrogens (tertiary/aromatic N) is 6. The molecule has 0 saturated carbocycles. The lowest BCUT2D eigenvalue weighted by Gasteiger charge is -2.34. The molecule has 0 unspecified atom stereocenters. The highest BCUT2D eigenvalue weighted by atomic mass is 15.3. The molecular weight excluding hydrogens is 374 g/mol. The Balaban J connectivity index is 1.63. The third-order valence-electron chi connectivity index (χ3n) is 6.01. The molecule has 30 heavy (non-hydrogen) atoms. The highest BCUT2D eigenvalue weighted by Crippen LogP contribution is 2.36. The summed E-state index contributed by atoms with van der Waals surface area (Å²) < 4.78 is 2.02. The topological polar surface area (TPSA) is 75.0 Å². The first-order valence-electron chi connectivity index (χ1n) is 10.4. The summed E-state index contributed by atoms with van der Waals surface area (Å²) in [5.74, 6) is 0.715. The molecular formula is C23H27N7. The Bertz CT molecular complexity index is 1170. The number of aryl methyl sites for hydroxylation is 2. The van der Waals surface area contributed by atoms with Crippen molar-refractivity contribution in [1.29, 1.82) is 0 Å². The summed E-state index contributed by atoms with van der Waals surface area (Å²) in [4.78, 5) is 19.7. The third-order valence-corrected chi connectivity index (χ3v) is 6.01. The fourth-order valence-electron chi connectivity index (χ4n) is 4.13. The zero-order chi connectivity index (χ0) is 21.0. The molecule has 0 amide bonds. The van der Waals surface area contributed by atoms with Gasteiger partial charge in [0.25, 0.3) is 0 Å². The maximum absolute atomic E-state index is 4.97. The quantitative estimate of drug-likeness (QED) is 0.551. The Kier molecular flexibility index (Phi) is 4.17. The first-order valence-corrected chi connectivity index (χ1v) is 10.4. The van der Waals surface area contributed by atoms with Crippen molar-refractivity contribution >= 4 is 11.5 Å². The SMILES string of the molecule is Cc1ccc(C)n2nc([C@H]3c4nc[nH]c4CCN3c3ncc(C(C)(C)C)cn3)cc12. The molecule has 4 aromatic heterocycles. The Morgan fingerprint density at radius 2 is 1.83 bits per heavy atom. The van der Waals surface area contributed by atoms with Crippen molar-refractivity contribution in [3.63, 3.8) is 0 Å². The standard InChI is InChI=1S/C23H27N7/c1-14-6-7-15(2)30-19(14)10-18(28-30)21-20-17(26-13-27-20)8-9-29(21)22-24-11-16(12-25-22)23(3,4)5/h6-7,10-13,21H,8-9H2,1-5H3,(H,26,27)/t21-/m0/s1. The number of fused-ring (bicyclic) bond motifs is 2. The van der Waals surface area contributed by atoms with E-state index in [1.165, 1.54) is 5.56 Å². The number of hydrogen-bond donors (Lipinski definition) is 1. The molecule has 1 aliphatic heterocycles. The molecule has 0 aromatic carbocycles. The zero-order valence-electron chi connectivity index (χ0n) is 18.1. The van der Waals surface area contributed by atoms with Gasteiger partial charge in [0.05, 0.1) is 23.2 Å². The van der Waals surface area contributed by atoms with Gasteiger partial charge in [-0.25, -0.2) is 19.5 Å². The highest BCUT2D eigenvalue weighted by Gasteiger charge is 2.35. The van der Waals surface area contributed by atoms with Crippen LogP contribution in [0.1, 0.15) is 60.7 Å². The summed E-state index contributed by atoms with van der Waals surface area (Å²) in [6.45, 7) is 11.5. The van der Waals surface area contributed by atoms with Crippen LogP contribution in [0.25, 0.3) is 5.52 Å². The van der Waals surface area contributed by atoms with Crippen LogP contribution in [0.15, 0.2) is 36.9 Å². The zero-order valence-corrected chi connectivity index (χ0v) is 18.1. The van der Waals surface area contributed by atoms with Gasteiger partial charge in [-0.05, 0) is 42.5 Å². The van der Waals surface area contributed by atoms with Crippen molar-refractivity contribution in [3.8, 4) is 0 Å². The predicted molar refractivity (Wildman–Crippen MR) is 117 cm³/mol. The summed E-state index contributed by atoms with van der Waals surface area (Å²) in [6, 6.07) is 6.29. The van der Waals surface area contributed by atoms with Crippen LogP contribution in [0.5, 0.6) is 0 Å². The average Bonchev–Trinajstić information content (AvgIpc) is 3.37. The Morgan fingerprint density at radius 1 is 1.07 bits per heavy atom. The van der Waals surface area contributed by atoms with Gasteiger partial charge < -0.3 is 9.88 Å². The maximum atomic E-state index is 4.97. The van der Waals surface area contributed by atoms with Gasteiger partial charge in [0.1, 0.15) is 6.04 Å². The monoisotopic (exact) mass is 401 g/mol. The molecule has 0 bridgehead atoms. The van der Waals surface area contributed by atoms with E-state index in [0.29, 0.717) is 5.95 Å². The Labute approximate surface area is 176 Å². The molecule has 1 atom stereocenters. The Hall–Kier alpha value is -3.22. The van der Waals surface area contributed by atoms with Crippen molar-refractivity contribution in [2.45, 2.75) is 52.5 Å². The summed E-state index contributed by atoms with van der Waals surface area (Å²) in [7, 11) is 0. The van der Waals surface area contributed by atoms with Crippen LogP contribution in [0, 0.1) is 13.8 Å². The fraction of sp³-hybridized carbons (Fsp3) is 0.391. The smallest absolute Gasteiger partial charge is 0.226 e. The van der Waals surface area contributed by atoms with Gasteiger partial charge in [0, 0.05) is 36.7 Å². The second-order valence-corrected chi connectivity index (χ2v) is 9.16. The molecule has 5 heterocycles. The third kappa shape index (κ3) is 2.96. The highest BCUT2D eigenvalue weighted by molar-refractivity contribution is 5.58. The molecule has 4 aromatic rings. The Morgan fingerprint density at radius 3 is 2.53 bits per heavy atom. The van der Waals surface area contributed by atoms with Gasteiger partial charge in [0.15, 0.2) is 0 Å². The first-order chi connectivity index (χ1) is 14.3. The van der Waals surface area contributed by atoms with E-state index in [9.17, 15) is 0 Å². The van der Waals surface area contributed by atoms with Crippen LogP contribution in [-0.2, 0) is 11.8 Å². The lowest BCUT2D eigenvalue weighted by atomic mass is 9.89. The summed E-state index contributed by atoms with van der Waals surface area (Å²) in [6.07, 6.45) is 6.54. The van der Waals surface area contributed by atoms with E-state index >= 15 is 0 Å². The largest absolute Gasteiger partial charge is 0.348 e. The van der Waals surface area contributed by atoms with E-state index in [1.54, 1.807) is 6.33 Å². The lowest BCUT2D eigenvalue weighted by molar-refractivity contribution is 0.575. The molecule has 1 N–H and O–H groups in total. The summed E-state index contributed by atoms with van der Waals surface area (Å²) in [5, 5.41) is 4.97. The number of rotatable bonds is 2. The van der Waals surface area contributed by atoms with Crippen LogP contribution < -0.4 is 4.90 Å². The van der Waals surface area contributed by atoms with E-state index in [4.69, 9.17) is 15.1 Å². The number of pyridine rings is 1. The van der Waals surface area contributed by atoms with Gasteiger partial charge in [-0.2, -0.15) is 5.10 Å². The van der Waals surface area contributed by atoms with Crippen molar-refractivity contribution in [1.82, 2.24) is 29.5 Å². The summed E-state index contributed by atoms with van der Waals surface area (Å²) >= 11 is 0. The molecule has 0 fully saturated rings. The molecule has 7 heteroatoms. The maximum Gasteiger partial charge on any atom is 0.226 e. The normalized spacial score (nSPS) is 16.8. The summed E-state index contributed by atoms with van der Waals surface area (Å²) in [5.41, 5.74) is 7.70. The van der Waals surface area contributed by atoms with E-state index in [0.717, 1.165) is 46.8 Å². The van der Waals surface area contributed by atoms with E-state index < -0.39 is 0 Å². The predicted octanol–water partition coefficient (Wildman–Crippen LogP) is 3.91. The minimum absolute atomic E-state index is 0.0197. The first kappa shape index (κ1) is 18.8. The molecule has 0 spiro atoms. The average molecular weight is 402 g/mol. The molecule has 5 rings (SSSR count). The van der Waals surface area contributed by atoms with Crippen molar-refractivity contribution in [2.75, 3.05) is 11.4 Å². The van der Waals surface area contributed by atoms with Crippen LogP contribution in [-0.4, -0.2) is 36.1 Å². The van der Waals surface area contributed by atoms with Crippen molar-refractivity contribution in [3.05, 3.63) is 70.8 Å². The fourth-order valence-corrected chi connectivity index (χ4v) is 4.13.